The maximum atomic E-state index is 11.4. The van der Waals surface area contributed by atoms with Gasteiger partial charge in [-0.15, -0.1) is 11.3 Å². The second kappa shape index (κ2) is 10.0. The van der Waals surface area contributed by atoms with Crippen LogP contribution >= 0.6 is 11.3 Å². The second-order valence-electron chi connectivity index (χ2n) is 4.85. The van der Waals surface area contributed by atoms with E-state index in [4.69, 9.17) is 19.5 Å². The summed E-state index contributed by atoms with van der Waals surface area (Å²) in [5, 5.41) is 15.1. The molecule has 8 nitrogen and oxygen atoms in total. The number of hydrogen-bond acceptors (Lipinski definition) is 9. The third-order valence-corrected chi connectivity index (χ3v) is 3.85. The fourth-order valence-electron chi connectivity index (χ4n) is 1.95. The van der Waals surface area contributed by atoms with Gasteiger partial charge in [0, 0.05) is 10.9 Å². The molecule has 9 heteroatoms. The lowest BCUT2D eigenvalue weighted by atomic mass is 10.2. The average Bonchev–Trinajstić information content (AvgIpc) is 3.07. The Kier molecular flexibility index (Phi) is 7.39. The maximum Gasteiger partial charge on any atom is 0.311 e. The lowest BCUT2D eigenvalue weighted by molar-refractivity contribution is -0.142. The molecule has 0 fully saturated rings. The summed E-state index contributed by atoms with van der Waals surface area (Å²) in [7, 11) is 1.56. The number of methoxy groups -OCH3 is 1. The fraction of sp³-hybridized carbons (Fsp3) is 0.294. The smallest absolute Gasteiger partial charge is 0.311 e. The minimum Gasteiger partial charge on any atom is -0.497 e. The highest BCUT2D eigenvalue weighted by Crippen LogP contribution is 2.23. The zero-order valence-corrected chi connectivity index (χ0v) is 15.2. The maximum absolute atomic E-state index is 11.4. The van der Waals surface area contributed by atoms with Crippen LogP contribution in [0.1, 0.15) is 18.2 Å². The third-order valence-electron chi connectivity index (χ3n) is 3.06. The van der Waals surface area contributed by atoms with Crippen LogP contribution in [0, 0.1) is 11.3 Å². The number of nitrogens with zero attached hydrogens (tertiary/aromatic N) is 3. The zero-order valence-electron chi connectivity index (χ0n) is 14.4. The van der Waals surface area contributed by atoms with Crippen molar-refractivity contribution in [3.8, 4) is 17.6 Å². The van der Waals surface area contributed by atoms with Gasteiger partial charge in [-0.25, -0.2) is 4.98 Å². The van der Waals surface area contributed by atoms with Gasteiger partial charge in [0.15, 0.2) is 6.61 Å². The normalized spacial score (nSPS) is 10.3. The lowest BCUT2D eigenvalue weighted by Gasteiger charge is -2.07. The van der Waals surface area contributed by atoms with Crippen LogP contribution in [0.4, 0.5) is 5.13 Å². The molecular weight excluding hydrogens is 356 g/mol. The Morgan fingerprint density at radius 3 is 3.08 bits per heavy atom. The van der Waals surface area contributed by atoms with Crippen LogP contribution in [0.3, 0.4) is 0 Å². The number of carbonyl (C=O) groups is 1. The van der Waals surface area contributed by atoms with E-state index in [0.717, 1.165) is 0 Å². The number of thiazole rings is 1. The highest BCUT2D eigenvalue weighted by atomic mass is 32.1. The summed E-state index contributed by atoms with van der Waals surface area (Å²) in [6, 6.07) is 7.11. The SMILES string of the molecule is CCOC(=O)Cc1csc(NN=Cc2cc(OC)ccc2OCC#N)n1. The highest BCUT2D eigenvalue weighted by molar-refractivity contribution is 7.13. The summed E-state index contributed by atoms with van der Waals surface area (Å²) in [5.74, 6) is 0.838. The number of aromatic nitrogens is 1. The number of carbonyl (C=O) groups excluding carboxylic acids is 1. The fourth-order valence-corrected chi connectivity index (χ4v) is 2.61. The third kappa shape index (κ3) is 5.75. The van der Waals surface area contributed by atoms with E-state index in [0.29, 0.717) is 34.5 Å². The van der Waals surface area contributed by atoms with Crippen molar-refractivity contribution in [3.05, 3.63) is 34.8 Å². The Morgan fingerprint density at radius 1 is 1.50 bits per heavy atom. The van der Waals surface area contributed by atoms with E-state index >= 15 is 0 Å². The summed E-state index contributed by atoms with van der Waals surface area (Å²) >= 11 is 1.33. The van der Waals surface area contributed by atoms with Crippen LogP contribution in [-0.2, 0) is 16.0 Å². The van der Waals surface area contributed by atoms with E-state index in [2.05, 4.69) is 15.5 Å². The number of nitriles is 1. The Bertz CT molecular complexity index is 813. The van der Waals surface area contributed by atoms with E-state index in [1.807, 2.05) is 6.07 Å². The number of esters is 1. The molecule has 1 aromatic heterocycles. The Morgan fingerprint density at radius 2 is 2.35 bits per heavy atom. The van der Waals surface area contributed by atoms with Gasteiger partial charge in [0.2, 0.25) is 5.13 Å². The zero-order chi connectivity index (χ0) is 18.8. The molecule has 0 aliphatic carbocycles. The Labute approximate surface area is 155 Å². The molecule has 0 unspecified atom stereocenters. The molecule has 0 saturated heterocycles. The largest absolute Gasteiger partial charge is 0.497 e. The number of benzene rings is 1. The molecule has 1 heterocycles. The van der Waals surface area contributed by atoms with Crippen LogP contribution in [0.25, 0.3) is 0 Å². The van der Waals surface area contributed by atoms with Crippen LogP contribution in [0.15, 0.2) is 28.7 Å². The lowest BCUT2D eigenvalue weighted by Crippen LogP contribution is -2.07. The molecule has 1 aromatic carbocycles. The molecule has 0 atom stereocenters. The van der Waals surface area contributed by atoms with Gasteiger partial charge in [0.05, 0.1) is 32.0 Å². The summed E-state index contributed by atoms with van der Waals surface area (Å²) in [5.41, 5.74) is 4.07. The van der Waals surface area contributed by atoms with Crippen molar-refractivity contribution in [2.45, 2.75) is 13.3 Å². The van der Waals surface area contributed by atoms with Gasteiger partial charge in [-0.1, -0.05) is 0 Å². The van der Waals surface area contributed by atoms with Crippen molar-refractivity contribution in [2.24, 2.45) is 5.10 Å². The first-order valence-electron chi connectivity index (χ1n) is 7.73. The second-order valence-corrected chi connectivity index (χ2v) is 5.70. The summed E-state index contributed by atoms with van der Waals surface area (Å²) in [4.78, 5) is 15.7. The van der Waals surface area contributed by atoms with Crippen LogP contribution in [-0.4, -0.2) is 37.5 Å². The molecule has 26 heavy (non-hydrogen) atoms. The molecule has 2 rings (SSSR count). The van der Waals surface area contributed by atoms with Crippen LogP contribution < -0.4 is 14.9 Å². The van der Waals surface area contributed by atoms with Crippen molar-refractivity contribution < 1.29 is 19.0 Å². The summed E-state index contributed by atoms with van der Waals surface area (Å²) in [6.45, 7) is 2.03. The van der Waals surface area contributed by atoms with Gasteiger partial charge in [-0.05, 0) is 25.1 Å². The predicted molar refractivity (Wildman–Crippen MR) is 97.8 cm³/mol. The number of anilines is 1. The first kappa shape index (κ1) is 19.2. The number of rotatable bonds is 9. The molecule has 136 valence electrons. The van der Waals surface area contributed by atoms with Crippen molar-refractivity contribution in [1.82, 2.24) is 4.98 Å². The molecule has 0 spiro atoms. The first-order valence-corrected chi connectivity index (χ1v) is 8.61. The number of hydrogen-bond donors (Lipinski definition) is 1. The van der Waals surface area contributed by atoms with E-state index in [1.165, 1.54) is 11.3 Å². The van der Waals surface area contributed by atoms with Crippen molar-refractivity contribution in [2.75, 3.05) is 25.7 Å². The summed E-state index contributed by atoms with van der Waals surface area (Å²) in [6.07, 6.45) is 1.67. The van der Waals surface area contributed by atoms with E-state index < -0.39 is 0 Å². The van der Waals surface area contributed by atoms with Gasteiger partial charge < -0.3 is 14.2 Å². The monoisotopic (exact) mass is 374 g/mol. The van der Waals surface area contributed by atoms with Gasteiger partial charge in [0.1, 0.15) is 17.6 Å². The minimum atomic E-state index is -0.316. The molecule has 0 radical (unpaired) electrons. The number of hydrazone groups is 1. The number of nitrogens with one attached hydrogen (secondary N) is 1. The molecule has 1 N–H and O–H groups in total. The topological polar surface area (TPSA) is 106 Å². The highest BCUT2D eigenvalue weighted by Gasteiger charge is 2.08. The van der Waals surface area contributed by atoms with Gasteiger partial charge in [-0.3, -0.25) is 10.2 Å². The Hall–Kier alpha value is -3.12. The standard InChI is InChI=1S/C17H18N4O4S/c1-3-24-16(22)9-13-11-26-17(20-13)21-19-10-12-8-14(23-2)4-5-15(12)25-7-6-18/h4-5,8,10-11H,3,7,9H2,1-2H3,(H,20,21). The van der Waals surface area contributed by atoms with Crippen molar-refractivity contribution in [1.29, 1.82) is 5.26 Å². The molecule has 2 aromatic rings. The average molecular weight is 374 g/mol. The number of ether oxygens (including phenoxy) is 3. The predicted octanol–water partition coefficient (Wildman–Crippen LogP) is 2.61. The van der Waals surface area contributed by atoms with E-state index in [-0.39, 0.29) is 19.0 Å². The Balaban J connectivity index is 2.02. The van der Waals surface area contributed by atoms with E-state index in [1.54, 1.807) is 43.8 Å². The summed E-state index contributed by atoms with van der Waals surface area (Å²) < 4.78 is 15.4. The molecular formula is C17H18N4O4S. The quantitative estimate of drug-likeness (QED) is 0.408. The van der Waals surface area contributed by atoms with Crippen molar-refractivity contribution in [3.63, 3.8) is 0 Å². The van der Waals surface area contributed by atoms with Gasteiger partial charge in [0.25, 0.3) is 0 Å². The molecule has 0 saturated carbocycles. The van der Waals surface area contributed by atoms with Gasteiger partial charge in [-0.2, -0.15) is 10.4 Å². The molecule has 0 aliphatic rings. The molecule has 0 amide bonds. The first-order chi connectivity index (χ1) is 12.7. The van der Waals surface area contributed by atoms with Crippen LogP contribution in [0.5, 0.6) is 11.5 Å². The van der Waals surface area contributed by atoms with Crippen LogP contribution in [0.2, 0.25) is 0 Å². The van der Waals surface area contributed by atoms with E-state index in [9.17, 15) is 4.79 Å². The molecule has 0 bridgehead atoms. The minimum absolute atomic E-state index is 0.0652. The molecule has 0 aliphatic heterocycles. The van der Waals surface area contributed by atoms with Crippen molar-refractivity contribution >= 4 is 28.7 Å². The van der Waals surface area contributed by atoms with Gasteiger partial charge >= 0.3 is 5.97 Å².